The van der Waals surface area contributed by atoms with Crippen LogP contribution in [0, 0.1) is 0 Å². The molecule has 0 aliphatic carbocycles. The third-order valence-corrected chi connectivity index (χ3v) is 2.83. The molecule has 0 N–H and O–H groups in total. The molecule has 0 aliphatic rings. The predicted octanol–water partition coefficient (Wildman–Crippen LogP) is 3.30. The molecule has 2 rings (SSSR count). The molecule has 0 fully saturated rings. The number of fused-ring (bicyclic) bond motifs is 1. The molecular formula is C14H17NO2. The molecule has 1 heterocycles. The number of nitrogens with zero attached hydrogens (tertiary/aromatic N) is 1. The zero-order valence-corrected chi connectivity index (χ0v) is 10.3. The van der Waals surface area contributed by atoms with Crippen molar-refractivity contribution < 1.29 is 9.21 Å². The van der Waals surface area contributed by atoms with Gasteiger partial charge in [0.2, 0.25) is 0 Å². The van der Waals surface area contributed by atoms with Gasteiger partial charge in [0.25, 0.3) is 5.91 Å². The summed E-state index contributed by atoms with van der Waals surface area (Å²) in [5, 5.41) is 0.972. The molecule has 3 nitrogen and oxygen atoms in total. The Labute approximate surface area is 101 Å². The number of furan rings is 1. The first-order valence-electron chi connectivity index (χ1n) is 5.96. The largest absolute Gasteiger partial charge is 0.451 e. The maximum absolute atomic E-state index is 12.1. The van der Waals surface area contributed by atoms with E-state index < -0.39 is 0 Å². The number of hydrogen-bond donors (Lipinski definition) is 0. The molecule has 2 aromatic rings. The average molecular weight is 231 g/mol. The van der Waals surface area contributed by atoms with Crippen molar-refractivity contribution in [3.63, 3.8) is 0 Å². The minimum Gasteiger partial charge on any atom is -0.451 e. The highest BCUT2D eigenvalue weighted by Crippen LogP contribution is 2.19. The van der Waals surface area contributed by atoms with Gasteiger partial charge >= 0.3 is 0 Å². The molecule has 0 unspecified atom stereocenters. The summed E-state index contributed by atoms with van der Waals surface area (Å²) in [6.45, 7) is 2.88. The van der Waals surface area contributed by atoms with E-state index in [9.17, 15) is 4.79 Å². The van der Waals surface area contributed by atoms with Crippen molar-refractivity contribution in [2.45, 2.75) is 19.8 Å². The van der Waals surface area contributed by atoms with Crippen molar-refractivity contribution in [3.05, 3.63) is 36.1 Å². The summed E-state index contributed by atoms with van der Waals surface area (Å²) in [6.07, 6.45) is 2.10. The van der Waals surface area contributed by atoms with Gasteiger partial charge < -0.3 is 9.32 Å². The van der Waals surface area contributed by atoms with Crippen molar-refractivity contribution in [2.24, 2.45) is 0 Å². The Morgan fingerprint density at radius 2 is 2.12 bits per heavy atom. The summed E-state index contributed by atoms with van der Waals surface area (Å²) in [7, 11) is 1.81. The first-order valence-corrected chi connectivity index (χ1v) is 5.96. The second-order valence-corrected chi connectivity index (χ2v) is 4.23. The molecule has 90 valence electrons. The van der Waals surface area contributed by atoms with Crippen LogP contribution >= 0.6 is 0 Å². The standard InChI is InChI=1S/C14H17NO2/c1-3-4-9-15(2)14(16)13-10-11-7-5-6-8-12(11)17-13/h5-8,10H,3-4,9H2,1-2H3. The lowest BCUT2D eigenvalue weighted by molar-refractivity contribution is 0.0764. The number of unbranched alkanes of at least 4 members (excludes halogenated alkanes) is 1. The van der Waals surface area contributed by atoms with Crippen LogP contribution in [-0.2, 0) is 0 Å². The second kappa shape index (κ2) is 5.04. The minimum atomic E-state index is -0.0466. The van der Waals surface area contributed by atoms with Crippen LogP contribution in [0.3, 0.4) is 0 Å². The number of carbonyl (C=O) groups is 1. The highest BCUT2D eigenvalue weighted by molar-refractivity contribution is 5.95. The fourth-order valence-electron chi connectivity index (χ4n) is 1.77. The molecular weight excluding hydrogens is 214 g/mol. The molecule has 0 saturated heterocycles. The number of rotatable bonds is 4. The van der Waals surface area contributed by atoms with Crippen molar-refractivity contribution in [1.82, 2.24) is 4.90 Å². The van der Waals surface area contributed by atoms with Crippen molar-refractivity contribution in [3.8, 4) is 0 Å². The number of amides is 1. The first-order chi connectivity index (χ1) is 8.22. The van der Waals surface area contributed by atoms with E-state index in [4.69, 9.17) is 4.42 Å². The fraction of sp³-hybridized carbons (Fsp3) is 0.357. The van der Waals surface area contributed by atoms with Gasteiger partial charge in [-0.3, -0.25) is 4.79 Å². The van der Waals surface area contributed by atoms with E-state index in [0.29, 0.717) is 5.76 Å². The van der Waals surface area contributed by atoms with E-state index in [-0.39, 0.29) is 5.91 Å². The lowest BCUT2D eigenvalue weighted by atomic mass is 10.2. The second-order valence-electron chi connectivity index (χ2n) is 4.23. The Kier molecular flexibility index (Phi) is 3.47. The highest BCUT2D eigenvalue weighted by Gasteiger charge is 2.15. The van der Waals surface area contributed by atoms with Crippen LogP contribution < -0.4 is 0 Å². The van der Waals surface area contributed by atoms with Gasteiger partial charge in [-0.15, -0.1) is 0 Å². The van der Waals surface area contributed by atoms with Crippen LogP contribution in [0.2, 0.25) is 0 Å². The van der Waals surface area contributed by atoms with Crippen LogP contribution in [0.4, 0.5) is 0 Å². The topological polar surface area (TPSA) is 33.5 Å². The maximum atomic E-state index is 12.1. The third kappa shape index (κ3) is 2.49. The van der Waals surface area contributed by atoms with E-state index in [1.165, 1.54) is 0 Å². The normalized spacial score (nSPS) is 10.7. The van der Waals surface area contributed by atoms with Crippen molar-refractivity contribution >= 4 is 16.9 Å². The molecule has 0 radical (unpaired) electrons. The number of benzene rings is 1. The van der Waals surface area contributed by atoms with Gasteiger partial charge in [0.1, 0.15) is 5.58 Å². The van der Waals surface area contributed by atoms with Crippen molar-refractivity contribution in [1.29, 1.82) is 0 Å². The zero-order valence-electron chi connectivity index (χ0n) is 10.3. The average Bonchev–Trinajstić information content (AvgIpc) is 2.78. The SMILES string of the molecule is CCCCN(C)C(=O)c1cc2ccccc2o1. The van der Waals surface area contributed by atoms with Gasteiger partial charge in [0.05, 0.1) is 0 Å². The van der Waals surface area contributed by atoms with Crippen molar-refractivity contribution in [2.75, 3.05) is 13.6 Å². The van der Waals surface area contributed by atoms with Gasteiger partial charge in [-0.1, -0.05) is 31.5 Å². The van der Waals surface area contributed by atoms with Crippen LogP contribution in [0.1, 0.15) is 30.3 Å². The number of carbonyl (C=O) groups excluding carboxylic acids is 1. The Hall–Kier alpha value is -1.77. The Bertz CT molecular complexity index is 483. The Morgan fingerprint density at radius 1 is 1.35 bits per heavy atom. The minimum absolute atomic E-state index is 0.0466. The molecule has 17 heavy (non-hydrogen) atoms. The molecule has 0 atom stereocenters. The maximum Gasteiger partial charge on any atom is 0.289 e. The summed E-state index contributed by atoms with van der Waals surface area (Å²) in [5.74, 6) is 0.374. The van der Waals surface area contributed by atoms with E-state index in [0.717, 1.165) is 30.4 Å². The lowest BCUT2D eigenvalue weighted by Gasteiger charge is -2.14. The van der Waals surface area contributed by atoms with Gasteiger partial charge in [-0.25, -0.2) is 0 Å². The van der Waals surface area contributed by atoms with Gasteiger partial charge in [0, 0.05) is 19.0 Å². The lowest BCUT2D eigenvalue weighted by Crippen LogP contribution is -2.27. The molecule has 0 bridgehead atoms. The monoisotopic (exact) mass is 231 g/mol. The van der Waals surface area contributed by atoms with Gasteiger partial charge in [0.15, 0.2) is 5.76 Å². The Balaban J connectivity index is 2.18. The summed E-state index contributed by atoms with van der Waals surface area (Å²) in [6, 6.07) is 9.47. The van der Waals surface area contributed by atoms with Gasteiger partial charge in [-0.05, 0) is 18.6 Å². The number of hydrogen-bond acceptors (Lipinski definition) is 2. The van der Waals surface area contributed by atoms with E-state index in [1.54, 1.807) is 11.0 Å². The molecule has 1 aromatic heterocycles. The number of para-hydroxylation sites is 1. The summed E-state index contributed by atoms with van der Waals surface area (Å²) >= 11 is 0. The van der Waals surface area contributed by atoms with Crippen LogP contribution in [0.15, 0.2) is 34.7 Å². The summed E-state index contributed by atoms with van der Waals surface area (Å²) in [4.78, 5) is 13.8. The van der Waals surface area contributed by atoms with E-state index in [1.807, 2.05) is 31.3 Å². The molecule has 3 heteroatoms. The molecule has 0 spiro atoms. The zero-order chi connectivity index (χ0) is 12.3. The third-order valence-electron chi connectivity index (χ3n) is 2.83. The van der Waals surface area contributed by atoms with Crippen LogP contribution in [0.5, 0.6) is 0 Å². The molecule has 0 saturated carbocycles. The van der Waals surface area contributed by atoms with Crippen LogP contribution in [-0.4, -0.2) is 24.4 Å². The van der Waals surface area contributed by atoms with E-state index in [2.05, 4.69) is 6.92 Å². The molecule has 1 aromatic carbocycles. The predicted molar refractivity (Wildman–Crippen MR) is 68.1 cm³/mol. The fourth-order valence-corrected chi connectivity index (χ4v) is 1.77. The Morgan fingerprint density at radius 3 is 2.82 bits per heavy atom. The molecule has 0 aliphatic heterocycles. The van der Waals surface area contributed by atoms with Gasteiger partial charge in [-0.2, -0.15) is 0 Å². The van der Waals surface area contributed by atoms with Crippen LogP contribution in [0.25, 0.3) is 11.0 Å². The summed E-state index contributed by atoms with van der Waals surface area (Å²) < 4.78 is 5.54. The quantitative estimate of drug-likeness (QED) is 0.808. The van der Waals surface area contributed by atoms with E-state index >= 15 is 0 Å². The smallest absolute Gasteiger partial charge is 0.289 e. The summed E-state index contributed by atoms with van der Waals surface area (Å²) in [5.41, 5.74) is 0.764. The first kappa shape index (κ1) is 11.7. The highest BCUT2D eigenvalue weighted by atomic mass is 16.3. The molecule has 1 amide bonds.